The van der Waals surface area contributed by atoms with Crippen LogP contribution in [0.1, 0.15) is 19.8 Å². The molecule has 2 rings (SSSR count). The van der Waals surface area contributed by atoms with Gasteiger partial charge in [0.2, 0.25) is 5.91 Å². The van der Waals surface area contributed by atoms with Crippen molar-refractivity contribution < 1.29 is 27.9 Å². The second-order valence-electron chi connectivity index (χ2n) is 5.87. The van der Waals surface area contributed by atoms with Crippen LogP contribution in [0.15, 0.2) is 18.2 Å². The van der Waals surface area contributed by atoms with E-state index in [0.717, 1.165) is 12.1 Å². The van der Waals surface area contributed by atoms with E-state index in [1.807, 2.05) is 0 Å². The molecule has 1 aromatic rings. The number of amides is 3. The molecule has 1 aliphatic rings. The number of urea groups is 1. The summed E-state index contributed by atoms with van der Waals surface area (Å²) in [5.41, 5.74) is 0.0866. The number of ether oxygens (including phenoxy) is 1. The fourth-order valence-corrected chi connectivity index (χ4v) is 2.66. The van der Waals surface area contributed by atoms with Crippen LogP contribution in [0.4, 0.5) is 19.3 Å². The maximum atomic E-state index is 13.1. The maximum absolute atomic E-state index is 13.1. The molecule has 1 aliphatic heterocycles. The van der Waals surface area contributed by atoms with Gasteiger partial charge in [-0.1, -0.05) is 0 Å². The molecule has 0 aliphatic carbocycles. The minimum Gasteiger partial charge on any atom is -0.466 e. The third-order valence-electron chi connectivity index (χ3n) is 3.93. The summed E-state index contributed by atoms with van der Waals surface area (Å²) in [7, 11) is 0. The van der Waals surface area contributed by atoms with E-state index in [9.17, 15) is 23.2 Å². The van der Waals surface area contributed by atoms with Gasteiger partial charge in [0.05, 0.1) is 19.1 Å². The average molecular weight is 369 g/mol. The number of hydrogen-bond acceptors (Lipinski definition) is 4. The number of nitrogens with zero attached hydrogens (tertiary/aromatic N) is 1. The minimum atomic E-state index is -1.08. The van der Waals surface area contributed by atoms with E-state index in [1.54, 1.807) is 6.92 Å². The van der Waals surface area contributed by atoms with E-state index in [-0.39, 0.29) is 37.3 Å². The van der Waals surface area contributed by atoms with Crippen molar-refractivity contribution in [3.63, 3.8) is 0 Å². The first-order chi connectivity index (χ1) is 12.4. The molecule has 1 heterocycles. The van der Waals surface area contributed by atoms with Gasteiger partial charge in [-0.2, -0.15) is 0 Å². The quantitative estimate of drug-likeness (QED) is 0.776. The second-order valence-corrected chi connectivity index (χ2v) is 5.87. The summed E-state index contributed by atoms with van der Waals surface area (Å²) in [6, 6.07) is 2.49. The zero-order valence-electron chi connectivity index (χ0n) is 14.4. The number of piperidine rings is 1. The monoisotopic (exact) mass is 369 g/mol. The first-order valence-electron chi connectivity index (χ1n) is 8.35. The van der Waals surface area contributed by atoms with Gasteiger partial charge in [-0.05, 0) is 31.9 Å². The van der Waals surface area contributed by atoms with E-state index in [1.165, 1.54) is 11.0 Å². The van der Waals surface area contributed by atoms with Crippen LogP contribution in [-0.4, -0.2) is 49.0 Å². The van der Waals surface area contributed by atoms with Gasteiger partial charge in [-0.3, -0.25) is 9.59 Å². The van der Waals surface area contributed by atoms with E-state index >= 15 is 0 Å². The predicted octanol–water partition coefficient (Wildman–Crippen LogP) is 1.89. The van der Waals surface area contributed by atoms with Crippen molar-refractivity contribution in [3.05, 3.63) is 29.8 Å². The van der Waals surface area contributed by atoms with Crippen molar-refractivity contribution in [1.29, 1.82) is 0 Å². The number of benzene rings is 1. The fourth-order valence-electron chi connectivity index (χ4n) is 2.66. The molecule has 0 spiro atoms. The van der Waals surface area contributed by atoms with Crippen LogP contribution >= 0.6 is 0 Å². The molecule has 1 saturated heterocycles. The van der Waals surface area contributed by atoms with Crippen molar-refractivity contribution in [1.82, 2.24) is 10.2 Å². The smallest absolute Gasteiger partial charge is 0.317 e. The lowest BCUT2D eigenvalue weighted by Gasteiger charge is -2.31. The van der Waals surface area contributed by atoms with Gasteiger partial charge in [0, 0.05) is 24.8 Å². The van der Waals surface area contributed by atoms with E-state index in [4.69, 9.17) is 4.74 Å². The van der Waals surface area contributed by atoms with Gasteiger partial charge in [0.25, 0.3) is 0 Å². The number of anilines is 1. The SMILES string of the molecule is CCOC(=O)C1CCCN(C(=O)NCC(=O)Nc2ccc(F)c(F)c2)C1. The third kappa shape index (κ3) is 5.40. The van der Waals surface area contributed by atoms with Crippen molar-refractivity contribution in [2.75, 3.05) is 31.6 Å². The van der Waals surface area contributed by atoms with Crippen molar-refractivity contribution in [3.8, 4) is 0 Å². The summed E-state index contributed by atoms with van der Waals surface area (Å²) >= 11 is 0. The Bertz CT molecular complexity index is 684. The van der Waals surface area contributed by atoms with Crippen molar-refractivity contribution in [2.45, 2.75) is 19.8 Å². The van der Waals surface area contributed by atoms with Gasteiger partial charge in [0.1, 0.15) is 0 Å². The summed E-state index contributed by atoms with van der Waals surface area (Å²) < 4.78 is 30.9. The molecule has 1 fully saturated rings. The van der Waals surface area contributed by atoms with E-state index in [0.29, 0.717) is 19.4 Å². The van der Waals surface area contributed by atoms with Crippen LogP contribution in [0, 0.1) is 17.6 Å². The molecule has 0 bridgehead atoms. The number of hydrogen-bond donors (Lipinski definition) is 2. The zero-order valence-corrected chi connectivity index (χ0v) is 14.4. The lowest BCUT2D eigenvalue weighted by Crippen LogP contribution is -2.48. The Kier molecular flexibility index (Phi) is 6.88. The number of esters is 1. The molecular weight excluding hydrogens is 348 g/mol. The van der Waals surface area contributed by atoms with Gasteiger partial charge in [-0.15, -0.1) is 0 Å². The number of halogens is 2. The largest absolute Gasteiger partial charge is 0.466 e. The van der Waals surface area contributed by atoms with Crippen LogP contribution < -0.4 is 10.6 Å². The third-order valence-corrected chi connectivity index (χ3v) is 3.93. The molecular formula is C17H21F2N3O4. The molecule has 142 valence electrons. The summed E-state index contributed by atoms with van der Waals surface area (Å²) in [5, 5.41) is 4.80. The molecule has 1 unspecified atom stereocenters. The Hall–Kier alpha value is -2.71. The average Bonchev–Trinajstić information content (AvgIpc) is 2.63. The number of nitrogens with one attached hydrogen (secondary N) is 2. The minimum absolute atomic E-state index is 0.0866. The Morgan fingerprint density at radius 2 is 2.04 bits per heavy atom. The molecule has 0 aromatic heterocycles. The van der Waals surface area contributed by atoms with Crippen LogP contribution in [0.2, 0.25) is 0 Å². The van der Waals surface area contributed by atoms with E-state index in [2.05, 4.69) is 10.6 Å². The molecule has 3 amide bonds. The Balaban J connectivity index is 1.80. The number of carbonyl (C=O) groups is 3. The highest BCUT2D eigenvalue weighted by Gasteiger charge is 2.29. The summed E-state index contributed by atoms with van der Waals surface area (Å²) in [6.07, 6.45) is 1.32. The number of likely N-dealkylation sites (tertiary alicyclic amines) is 1. The highest BCUT2D eigenvalue weighted by Crippen LogP contribution is 2.18. The Morgan fingerprint density at radius 3 is 2.73 bits per heavy atom. The first-order valence-corrected chi connectivity index (χ1v) is 8.35. The molecule has 2 N–H and O–H groups in total. The zero-order chi connectivity index (χ0) is 19.1. The topological polar surface area (TPSA) is 87.7 Å². The van der Waals surface area contributed by atoms with Gasteiger partial charge >= 0.3 is 12.0 Å². The fraction of sp³-hybridized carbons (Fsp3) is 0.471. The molecule has 9 heteroatoms. The highest BCUT2D eigenvalue weighted by molar-refractivity contribution is 5.94. The molecule has 1 aromatic carbocycles. The summed E-state index contributed by atoms with van der Waals surface area (Å²) in [6.45, 7) is 2.38. The molecule has 7 nitrogen and oxygen atoms in total. The standard InChI is InChI=1S/C17H21F2N3O4/c1-2-26-16(24)11-4-3-7-22(10-11)17(25)20-9-15(23)21-12-5-6-13(18)14(19)8-12/h5-6,8,11H,2-4,7,9-10H2,1H3,(H,20,25)(H,21,23). The lowest BCUT2D eigenvalue weighted by atomic mass is 9.98. The number of rotatable bonds is 5. The highest BCUT2D eigenvalue weighted by atomic mass is 19.2. The van der Waals surface area contributed by atoms with Gasteiger partial charge < -0.3 is 20.3 Å². The summed E-state index contributed by atoms with van der Waals surface area (Å²) in [5.74, 6) is -3.38. The van der Waals surface area contributed by atoms with Crippen LogP contribution in [0.25, 0.3) is 0 Å². The van der Waals surface area contributed by atoms with Crippen LogP contribution in [0.3, 0.4) is 0 Å². The maximum Gasteiger partial charge on any atom is 0.317 e. The van der Waals surface area contributed by atoms with Gasteiger partial charge in [-0.25, -0.2) is 13.6 Å². The molecule has 0 saturated carbocycles. The molecule has 0 radical (unpaired) electrons. The molecule has 26 heavy (non-hydrogen) atoms. The summed E-state index contributed by atoms with van der Waals surface area (Å²) in [4.78, 5) is 37.2. The molecule has 1 atom stereocenters. The van der Waals surface area contributed by atoms with Crippen LogP contribution in [-0.2, 0) is 14.3 Å². The van der Waals surface area contributed by atoms with E-state index < -0.39 is 23.6 Å². The number of carbonyl (C=O) groups excluding carboxylic acids is 3. The van der Waals surface area contributed by atoms with Crippen LogP contribution in [0.5, 0.6) is 0 Å². The van der Waals surface area contributed by atoms with Gasteiger partial charge in [0.15, 0.2) is 11.6 Å². The normalized spacial score (nSPS) is 16.7. The predicted molar refractivity (Wildman–Crippen MR) is 89.3 cm³/mol. The Labute approximate surface area is 149 Å². The second kappa shape index (κ2) is 9.12. The van der Waals surface area contributed by atoms with Crippen molar-refractivity contribution >= 4 is 23.6 Å². The first kappa shape index (κ1) is 19.6. The lowest BCUT2D eigenvalue weighted by molar-refractivity contribution is -0.149. The van der Waals surface area contributed by atoms with Crippen molar-refractivity contribution in [2.24, 2.45) is 5.92 Å². The Morgan fingerprint density at radius 1 is 1.27 bits per heavy atom.